The first-order chi connectivity index (χ1) is 8.99. The van der Waals surface area contributed by atoms with Crippen molar-refractivity contribution in [3.63, 3.8) is 0 Å². The molecule has 1 fully saturated rings. The number of rotatable bonds is 3. The summed E-state index contributed by atoms with van der Waals surface area (Å²) in [6, 6.07) is 5.91. The van der Waals surface area contributed by atoms with Gasteiger partial charge >= 0.3 is 0 Å². The van der Waals surface area contributed by atoms with Gasteiger partial charge in [0, 0.05) is 10.2 Å². The largest absolute Gasteiger partial charge is 0.369 e. The molecule has 0 amide bonds. The van der Waals surface area contributed by atoms with Gasteiger partial charge in [-0.25, -0.2) is 0 Å². The van der Waals surface area contributed by atoms with Gasteiger partial charge in [0.25, 0.3) is 0 Å². The molecule has 102 valence electrons. The summed E-state index contributed by atoms with van der Waals surface area (Å²) >= 11 is 9.54. The zero-order valence-corrected chi connectivity index (χ0v) is 13.2. The maximum Gasteiger partial charge on any atom is 0.196 e. The fourth-order valence-electron chi connectivity index (χ4n) is 2.84. The molecule has 1 atom stereocenters. The highest BCUT2D eigenvalue weighted by molar-refractivity contribution is 9.10. The zero-order valence-electron chi connectivity index (χ0n) is 10.9. The van der Waals surface area contributed by atoms with Gasteiger partial charge in [-0.05, 0) is 53.4 Å². The molecule has 19 heavy (non-hydrogen) atoms. The molecule has 2 N–H and O–H groups in total. The number of nitrogens with two attached hydrogens (primary N) is 1. The van der Waals surface area contributed by atoms with Gasteiger partial charge in [-0.3, -0.25) is 4.99 Å². The van der Waals surface area contributed by atoms with Gasteiger partial charge in [0.2, 0.25) is 0 Å². The Hall–Kier alpha value is -0.740. The van der Waals surface area contributed by atoms with Crippen molar-refractivity contribution >= 4 is 39.2 Å². The molecule has 1 aliphatic heterocycles. The predicted molar refractivity (Wildman–Crippen MR) is 83.9 cm³/mol. The normalized spacial score (nSPS) is 26.7. The van der Waals surface area contributed by atoms with Crippen LogP contribution in [0.1, 0.15) is 26.2 Å². The molecule has 0 aromatic heterocycles. The number of nitrogens with zero attached hydrogens (tertiary/aromatic N) is 2. The third-order valence-corrected chi connectivity index (χ3v) is 5.15. The van der Waals surface area contributed by atoms with E-state index in [0.717, 1.165) is 29.0 Å². The second-order valence-electron chi connectivity index (χ2n) is 5.75. The molecule has 5 heteroatoms. The summed E-state index contributed by atoms with van der Waals surface area (Å²) < 4.78 is 0.889. The van der Waals surface area contributed by atoms with E-state index in [9.17, 15) is 0 Å². The van der Waals surface area contributed by atoms with Crippen LogP contribution in [-0.2, 0) is 0 Å². The highest BCUT2D eigenvalue weighted by Crippen LogP contribution is 2.42. The minimum atomic E-state index is -0.00147. The van der Waals surface area contributed by atoms with E-state index in [-0.39, 0.29) is 5.54 Å². The van der Waals surface area contributed by atoms with E-state index in [1.165, 1.54) is 12.8 Å². The maximum atomic E-state index is 6.10. The minimum absolute atomic E-state index is 0.00147. The predicted octanol–water partition coefficient (Wildman–Crippen LogP) is 3.80. The number of hydrogen-bond acceptors (Lipinski definition) is 3. The van der Waals surface area contributed by atoms with E-state index in [0.29, 0.717) is 11.0 Å². The lowest BCUT2D eigenvalue weighted by atomic mass is 9.93. The summed E-state index contributed by atoms with van der Waals surface area (Å²) in [6.07, 6.45) is 3.83. The van der Waals surface area contributed by atoms with E-state index in [1.54, 1.807) is 0 Å². The summed E-state index contributed by atoms with van der Waals surface area (Å²) in [5.41, 5.74) is 7.15. The van der Waals surface area contributed by atoms with Crippen molar-refractivity contribution in [3.05, 3.63) is 27.7 Å². The van der Waals surface area contributed by atoms with Crippen molar-refractivity contribution in [3.8, 4) is 0 Å². The minimum Gasteiger partial charge on any atom is -0.369 e. The molecule has 3 nitrogen and oxygen atoms in total. The third-order valence-electron chi connectivity index (χ3n) is 3.94. The Balaban J connectivity index is 1.94. The van der Waals surface area contributed by atoms with Crippen molar-refractivity contribution in [1.29, 1.82) is 0 Å². The first-order valence-corrected chi connectivity index (χ1v) is 7.72. The van der Waals surface area contributed by atoms with Crippen molar-refractivity contribution in [2.24, 2.45) is 16.6 Å². The van der Waals surface area contributed by atoms with Crippen LogP contribution in [-0.4, -0.2) is 18.0 Å². The Bertz CT molecular complexity index is 541. The Morgan fingerprint density at radius 3 is 2.89 bits per heavy atom. The molecular weight excluding hydrogens is 326 g/mol. The lowest BCUT2D eigenvalue weighted by Gasteiger charge is -2.36. The first kappa shape index (κ1) is 13.3. The average Bonchev–Trinajstić information content (AvgIpc) is 3.10. The van der Waals surface area contributed by atoms with Gasteiger partial charge in [0.1, 0.15) is 0 Å². The Labute approximate surface area is 127 Å². The lowest BCUT2D eigenvalue weighted by Crippen LogP contribution is -2.50. The third kappa shape index (κ3) is 2.48. The zero-order chi connectivity index (χ0) is 13.6. The summed E-state index contributed by atoms with van der Waals surface area (Å²) in [5, 5.41) is 0.711. The molecule has 0 radical (unpaired) electrons. The van der Waals surface area contributed by atoms with Crippen molar-refractivity contribution in [2.75, 3.05) is 11.4 Å². The van der Waals surface area contributed by atoms with Gasteiger partial charge in [0.15, 0.2) is 5.96 Å². The number of aliphatic imine (C=N–C) groups is 1. The topological polar surface area (TPSA) is 41.6 Å². The van der Waals surface area contributed by atoms with Crippen LogP contribution >= 0.6 is 27.5 Å². The highest BCUT2D eigenvalue weighted by atomic mass is 79.9. The Morgan fingerprint density at radius 2 is 2.26 bits per heavy atom. The van der Waals surface area contributed by atoms with E-state index in [1.807, 2.05) is 18.2 Å². The summed E-state index contributed by atoms with van der Waals surface area (Å²) in [5.74, 6) is 1.45. The molecular formula is C14H17BrClN3. The number of anilines is 1. The molecule has 1 aromatic rings. The standard InChI is InChI=1S/C14H17BrClN3/c1-14(7-9-2-3-9)8-18-13(17)19(14)10-4-5-12(16)11(15)6-10/h4-6,9H,2-3,7-8H2,1H3,(H2,17,18). The maximum absolute atomic E-state index is 6.10. The van der Waals surface area contributed by atoms with Gasteiger partial charge in [-0.2, -0.15) is 0 Å². The van der Waals surface area contributed by atoms with E-state index >= 15 is 0 Å². The fourth-order valence-corrected chi connectivity index (χ4v) is 3.32. The molecule has 0 spiro atoms. The molecule has 1 saturated carbocycles. The van der Waals surface area contributed by atoms with E-state index in [2.05, 4.69) is 32.7 Å². The number of benzene rings is 1. The molecule has 1 unspecified atom stereocenters. The highest BCUT2D eigenvalue weighted by Gasteiger charge is 2.42. The molecule has 1 aliphatic carbocycles. The van der Waals surface area contributed by atoms with Crippen LogP contribution in [0.4, 0.5) is 5.69 Å². The van der Waals surface area contributed by atoms with Crippen LogP contribution in [0.3, 0.4) is 0 Å². The van der Waals surface area contributed by atoms with Crippen molar-refractivity contribution < 1.29 is 0 Å². The molecule has 1 heterocycles. The second kappa shape index (κ2) is 4.67. The molecule has 1 aromatic carbocycles. The van der Waals surface area contributed by atoms with Gasteiger partial charge in [0.05, 0.1) is 17.1 Å². The number of halogens is 2. The van der Waals surface area contributed by atoms with Crippen LogP contribution in [0.2, 0.25) is 5.02 Å². The fraction of sp³-hybridized carbons (Fsp3) is 0.500. The van der Waals surface area contributed by atoms with Crippen LogP contribution < -0.4 is 10.6 Å². The first-order valence-electron chi connectivity index (χ1n) is 6.55. The van der Waals surface area contributed by atoms with Crippen LogP contribution in [0.5, 0.6) is 0 Å². The van der Waals surface area contributed by atoms with Gasteiger partial charge < -0.3 is 10.6 Å². The smallest absolute Gasteiger partial charge is 0.196 e. The van der Waals surface area contributed by atoms with Crippen molar-refractivity contribution in [1.82, 2.24) is 0 Å². The molecule has 2 aliphatic rings. The van der Waals surface area contributed by atoms with Crippen LogP contribution in [0.25, 0.3) is 0 Å². The summed E-state index contributed by atoms with van der Waals surface area (Å²) in [4.78, 5) is 6.61. The Kier molecular flexibility index (Phi) is 3.26. The van der Waals surface area contributed by atoms with E-state index < -0.39 is 0 Å². The quantitative estimate of drug-likeness (QED) is 0.908. The van der Waals surface area contributed by atoms with Gasteiger partial charge in [-0.1, -0.05) is 24.4 Å². The molecule has 3 rings (SSSR count). The SMILES string of the molecule is CC1(CC2CC2)CN=C(N)N1c1ccc(Cl)c(Br)c1. The Morgan fingerprint density at radius 1 is 1.53 bits per heavy atom. The lowest BCUT2D eigenvalue weighted by molar-refractivity contribution is 0.435. The van der Waals surface area contributed by atoms with E-state index in [4.69, 9.17) is 17.3 Å². The van der Waals surface area contributed by atoms with Gasteiger partial charge in [-0.15, -0.1) is 0 Å². The number of hydrogen-bond donors (Lipinski definition) is 1. The number of guanidine groups is 1. The molecule has 0 saturated heterocycles. The second-order valence-corrected chi connectivity index (χ2v) is 7.01. The average molecular weight is 343 g/mol. The summed E-state index contributed by atoms with van der Waals surface area (Å²) in [6.45, 7) is 3.02. The summed E-state index contributed by atoms with van der Waals surface area (Å²) in [7, 11) is 0. The van der Waals surface area contributed by atoms with Crippen LogP contribution in [0.15, 0.2) is 27.7 Å². The molecule has 0 bridgehead atoms. The monoisotopic (exact) mass is 341 g/mol. The van der Waals surface area contributed by atoms with Crippen LogP contribution in [0, 0.1) is 5.92 Å². The van der Waals surface area contributed by atoms with Crippen molar-refractivity contribution in [2.45, 2.75) is 31.7 Å².